The monoisotopic (exact) mass is 349 g/mol. The van der Waals surface area contributed by atoms with Crippen molar-refractivity contribution in [2.24, 2.45) is 11.8 Å². The lowest BCUT2D eigenvalue weighted by Crippen LogP contribution is -2.43. The van der Waals surface area contributed by atoms with Gasteiger partial charge in [-0.25, -0.2) is 9.37 Å². The predicted octanol–water partition coefficient (Wildman–Crippen LogP) is 3.81. The van der Waals surface area contributed by atoms with E-state index in [0.717, 1.165) is 47.7 Å². The molecule has 1 aliphatic rings. The van der Waals surface area contributed by atoms with Crippen LogP contribution in [0.15, 0.2) is 18.2 Å². The average molecular weight is 349 g/mol. The summed E-state index contributed by atoms with van der Waals surface area (Å²) in [7, 11) is 0. The second-order valence-electron chi connectivity index (χ2n) is 6.87. The lowest BCUT2D eigenvalue weighted by atomic mass is 9.97. The van der Waals surface area contributed by atoms with Crippen LogP contribution in [0.2, 0.25) is 0 Å². The van der Waals surface area contributed by atoms with E-state index in [9.17, 15) is 9.18 Å². The Morgan fingerprint density at radius 1 is 1.50 bits per heavy atom. The fraction of sp³-hybridized carbons (Fsp3) is 0.556. The molecule has 3 rings (SSSR count). The largest absolute Gasteiger partial charge is 0.356 e. The number of piperidine rings is 1. The molecule has 1 N–H and O–H groups in total. The molecule has 1 aromatic carbocycles. The first-order chi connectivity index (χ1) is 11.5. The second kappa shape index (κ2) is 7.47. The molecule has 0 aliphatic carbocycles. The molecule has 1 aliphatic heterocycles. The zero-order chi connectivity index (χ0) is 17.1. The number of rotatable bonds is 5. The Labute approximate surface area is 146 Å². The highest BCUT2D eigenvalue weighted by Gasteiger charge is 2.27. The smallest absolute Gasteiger partial charge is 0.224 e. The number of aromatic nitrogens is 1. The van der Waals surface area contributed by atoms with Crippen molar-refractivity contribution in [3.05, 3.63) is 24.0 Å². The molecule has 1 atom stereocenters. The maximum atomic E-state index is 13.3. The van der Waals surface area contributed by atoms with Crippen LogP contribution in [0.25, 0.3) is 10.2 Å². The molecule has 1 unspecified atom stereocenters. The van der Waals surface area contributed by atoms with Crippen LogP contribution in [-0.2, 0) is 4.79 Å². The van der Waals surface area contributed by atoms with Gasteiger partial charge in [0.1, 0.15) is 5.82 Å². The summed E-state index contributed by atoms with van der Waals surface area (Å²) in [6, 6.07) is 4.67. The summed E-state index contributed by atoms with van der Waals surface area (Å²) in [6.45, 7) is 6.65. The van der Waals surface area contributed by atoms with Gasteiger partial charge >= 0.3 is 0 Å². The van der Waals surface area contributed by atoms with Crippen LogP contribution in [-0.4, -0.2) is 30.5 Å². The molecule has 1 saturated heterocycles. The van der Waals surface area contributed by atoms with Gasteiger partial charge in [0, 0.05) is 19.6 Å². The van der Waals surface area contributed by atoms with Crippen molar-refractivity contribution >= 4 is 32.6 Å². The van der Waals surface area contributed by atoms with E-state index in [-0.39, 0.29) is 17.6 Å². The number of carbonyl (C=O) groups excluding carboxylic acids is 1. The normalized spacial score (nSPS) is 18.3. The van der Waals surface area contributed by atoms with Gasteiger partial charge in [-0.15, -0.1) is 0 Å². The van der Waals surface area contributed by atoms with E-state index in [1.807, 2.05) is 0 Å². The van der Waals surface area contributed by atoms with Crippen molar-refractivity contribution in [1.29, 1.82) is 0 Å². The van der Waals surface area contributed by atoms with E-state index in [0.29, 0.717) is 12.5 Å². The molecule has 1 aromatic heterocycles. The molecular formula is C18H24FN3OS. The Balaban J connectivity index is 1.64. The summed E-state index contributed by atoms with van der Waals surface area (Å²) < 4.78 is 14.2. The number of fused-ring (bicyclic) bond motifs is 1. The van der Waals surface area contributed by atoms with Gasteiger partial charge in [0.25, 0.3) is 0 Å². The van der Waals surface area contributed by atoms with Crippen molar-refractivity contribution < 1.29 is 9.18 Å². The van der Waals surface area contributed by atoms with E-state index < -0.39 is 0 Å². The zero-order valence-electron chi connectivity index (χ0n) is 14.2. The number of nitrogens with one attached hydrogen (secondary N) is 1. The lowest BCUT2D eigenvalue weighted by molar-refractivity contribution is -0.125. The minimum atomic E-state index is -0.237. The van der Waals surface area contributed by atoms with Crippen molar-refractivity contribution in [2.75, 3.05) is 24.5 Å². The number of thiazole rings is 1. The highest BCUT2D eigenvalue weighted by Crippen LogP contribution is 2.32. The molecule has 0 radical (unpaired) electrons. The molecule has 0 saturated carbocycles. The number of anilines is 1. The van der Waals surface area contributed by atoms with E-state index in [4.69, 9.17) is 0 Å². The van der Waals surface area contributed by atoms with Crippen LogP contribution in [0.5, 0.6) is 0 Å². The minimum absolute atomic E-state index is 0.00895. The van der Waals surface area contributed by atoms with Gasteiger partial charge in [0.2, 0.25) is 5.91 Å². The molecular weight excluding hydrogens is 325 g/mol. The maximum absolute atomic E-state index is 13.3. The van der Waals surface area contributed by atoms with E-state index in [1.54, 1.807) is 6.07 Å². The average Bonchev–Trinajstić information content (AvgIpc) is 2.97. The Bertz CT molecular complexity index is 715. The number of carbonyl (C=O) groups is 1. The van der Waals surface area contributed by atoms with Crippen molar-refractivity contribution in [3.63, 3.8) is 0 Å². The third-order valence-electron chi connectivity index (χ3n) is 4.42. The highest BCUT2D eigenvalue weighted by molar-refractivity contribution is 7.22. The second-order valence-corrected chi connectivity index (χ2v) is 7.88. The zero-order valence-corrected chi connectivity index (χ0v) is 15.0. The van der Waals surface area contributed by atoms with Gasteiger partial charge in [-0.3, -0.25) is 4.79 Å². The number of halogens is 1. The number of amides is 1. The number of hydrogen-bond donors (Lipinski definition) is 1. The summed E-state index contributed by atoms with van der Waals surface area (Å²) >= 11 is 1.50. The first-order valence-electron chi connectivity index (χ1n) is 8.61. The fourth-order valence-electron chi connectivity index (χ4n) is 3.01. The first kappa shape index (κ1) is 17.1. The van der Waals surface area contributed by atoms with Gasteiger partial charge in [-0.05, 0) is 43.4 Å². The van der Waals surface area contributed by atoms with E-state index in [1.165, 1.54) is 23.5 Å². The van der Waals surface area contributed by atoms with Crippen LogP contribution < -0.4 is 10.2 Å². The predicted molar refractivity (Wildman–Crippen MR) is 97.0 cm³/mol. The van der Waals surface area contributed by atoms with Crippen LogP contribution in [0.3, 0.4) is 0 Å². The van der Waals surface area contributed by atoms with E-state index >= 15 is 0 Å². The Morgan fingerprint density at radius 2 is 2.33 bits per heavy atom. The Morgan fingerprint density at radius 3 is 3.12 bits per heavy atom. The molecule has 130 valence electrons. The van der Waals surface area contributed by atoms with Crippen LogP contribution in [0, 0.1) is 17.7 Å². The lowest BCUT2D eigenvalue weighted by Gasteiger charge is -2.31. The summed E-state index contributed by atoms with van der Waals surface area (Å²) in [5, 5.41) is 3.94. The van der Waals surface area contributed by atoms with Crippen LogP contribution >= 0.6 is 11.3 Å². The molecule has 1 amide bonds. The van der Waals surface area contributed by atoms with Crippen LogP contribution in [0.4, 0.5) is 9.52 Å². The third-order valence-corrected chi connectivity index (χ3v) is 5.50. The van der Waals surface area contributed by atoms with Gasteiger partial charge in [0.15, 0.2) is 5.13 Å². The summed E-state index contributed by atoms with van der Waals surface area (Å²) in [6.07, 6.45) is 2.90. The number of benzene rings is 1. The summed E-state index contributed by atoms with van der Waals surface area (Å²) in [5.74, 6) is 0.511. The van der Waals surface area contributed by atoms with Crippen molar-refractivity contribution in [3.8, 4) is 0 Å². The number of hydrogen-bond acceptors (Lipinski definition) is 4. The molecule has 4 nitrogen and oxygen atoms in total. The summed E-state index contributed by atoms with van der Waals surface area (Å²) in [5.41, 5.74) is 0.819. The van der Waals surface area contributed by atoms with Crippen molar-refractivity contribution in [1.82, 2.24) is 10.3 Å². The quantitative estimate of drug-likeness (QED) is 0.893. The minimum Gasteiger partial charge on any atom is -0.356 e. The topological polar surface area (TPSA) is 45.2 Å². The standard InChI is InChI=1S/C18H24FN3OS/c1-12(2)7-8-20-17(23)13-4-3-9-22(11-13)18-21-15-6-5-14(19)10-16(15)24-18/h5-6,10,12-13H,3-4,7-9,11H2,1-2H3,(H,20,23). The third kappa shape index (κ3) is 4.04. The fourth-order valence-corrected chi connectivity index (χ4v) is 4.04. The summed E-state index contributed by atoms with van der Waals surface area (Å²) in [4.78, 5) is 19.1. The number of nitrogens with zero attached hydrogens (tertiary/aromatic N) is 2. The van der Waals surface area contributed by atoms with Gasteiger partial charge in [-0.2, -0.15) is 0 Å². The molecule has 24 heavy (non-hydrogen) atoms. The molecule has 1 fully saturated rings. The van der Waals surface area contributed by atoms with Gasteiger partial charge < -0.3 is 10.2 Å². The Hall–Kier alpha value is -1.69. The SMILES string of the molecule is CC(C)CCNC(=O)C1CCCN(c2nc3ccc(F)cc3s2)C1. The maximum Gasteiger partial charge on any atom is 0.224 e. The molecule has 2 aromatic rings. The molecule has 2 heterocycles. The van der Waals surface area contributed by atoms with Gasteiger partial charge in [0.05, 0.1) is 16.1 Å². The molecule has 0 spiro atoms. The van der Waals surface area contributed by atoms with Gasteiger partial charge in [-0.1, -0.05) is 25.2 Å². The Kier molecular flexibility index (Phi) is 5.33. The molecule has 0 bridgehead atoms. The van der Waals surface area contributed by atoms with Crippen LogP contribution in [0.1, 0.15) is 33.1 Å². The highest BCUT2D eigenvalue weighted by atomic mass is 32.1. The molecule has 6 heteroatoms. The first-order valence-corrected chi connectivity index (χ1v) is 9.43. The van der Waals surface area contributed by atoms with Crippen molar-refractivity contribution in [2.45, 2.75) is 33.1 Å². The van der Waals surface area contributed by atoms with E-state index in [2.05, 4.69) is 29.0 Å².